The summed E-state index contributed by atoms with van der Waals surface area (Å²) in [5.41, 5.74) is 4.48. The summed E-state index contributed by atoms with van der Waals surface area (Å²) in [6.45, 7) is 3.59. The standard InChI is InChI=1S/C10H14N4O3/c1-10(2,5-8(11)15)13-9-4-3-7(6-12-9)14(16)17/h3-4,6H,5H2,1-2H3,(H2,11,15)(H,12,13). The van der Waals surface area contributed by atoms with E-state index in [2.05, 4.69) is 10.3 Å². The summed E-state index contributed by atoms with van der Waals surface area (Å²) in [6.07, 6.45) is 1.30. The molecule has 1 aromatic rings. The third-order valence-corrected chi connectivity index (χ3v) is 2.04. The Morgan fingerprint density at radius 2 is 2.24 bits per heavy atom. The van der Waals surface area contributed by atoms with Crippen LogP contribution in [-0.4, -0.2) is 21.4 Å². The van der Waals surface area contributed by atoms with Crippen LogP contribution in [0, 0.1) is 10.1 Å². The lowest BCUT2D eigenvalue weighted by atomic mass is 10.0. The van der Waals surface area contributed by atoms with Gasteiger partial charge in [0.15, 0.2) is 0 Å². The van der Waals surface area contributed by atoms with Crippen LogP contribution in [0.4, 0.5) is 11.5 Å². The highest BCUT2D eigenvalue weighted by Crippen LogP contribution is 2.18. The second-order valence-corrected chi connectivity index (χ2v) is 4.31. The van der Waals surface area contributed by atoms with Gasteiger partial charge in [-0.1, -0.05) is 0 Å². The van der Waals surface area contributed by atoms with Gasteiger partial charge < -0.3 is 11.1 Å². The van der Waals surface area contributed by atoms with Crippen LogP contribution in [0.1, 0.15) is 20.3 Å². The molecule has 3 N–H and O–H groups in total. The van der Waals surface area contributed by atoms with Gasteiger partial charge in [0.2, 0.25) is 5.91 Å². The van der Waals surface area contributed by atoms with Crippen LogP contribution in [-0.2, 0) is 4.79 Å². The fraction of sp³-hybridized carbons (Fsp3) is 0.400. The van der Waals surface area contributed by atoms with Gasteiger partial charge in [0, 0.05) is 18.0 Å². The predicted octanol–water partition coefficient (Wildman–Crippen LogP) is 1.06. The Morgan fingerprint density at radius 1 is 1.59 bits per heavy atom. The summed E-state index contributed by atoms with van der Waals surface area (Å²) in [5.74, 6) is 0.0336. The van der Waals surface area contributed by atoms with Gasteiger partial charge in [-0.15, -0.1) is 0 Å². The van der Waals surface area contributed by atoms with Crippen molar-refractivity contribution in [2.24, 2.45) is 5.73 Å². The van der Waals surface area contributed by atoms with Crippen LogP contribution >= 0.6 is 0 Å². The monoisotopic (exact) mass is 238 g/mol. The second kappa shape index (κ2) is 4.77. The molecule has 0 saturated heterocycles. The Hall–Kier alpha value is -2.18. The lowest BCUT2D eigenvalue weighted by Crippen LogP contribution is -2.36. The van der Waals surface area contributed by atoms with Crippen LogP contribution in [0.5, 0.6) is 0 Å². The van der Waals surface area contributed by atoms with E-state index in [0.29, 0.717) is 5.82 Å². The van der Waals surface area contributed by atoms with Gasteiger partial charge in [-0.3, -0.25) is 14.9 Å². The molecule has 0 radical (unpaired) electrons. The van der Waals surface area contributed by atoms with Crippen LogP contribution < -0.4 is 11.1 Å². The van der Waals surface area contributed by atoms with E-state index in [4.69, 9.17) is 5.73 Å². The first-order valence-electron chi connectivity index (χ1n) is 4.97. The molecule has 1 amide bonds. The number of nitrogens with zero attached hydrogens (tertiary/aromatic N) is 2. The van der Waals surface area contributed by atoms with Crippen molar-refractivity contribution in [3.8, 4) is 0 Å². The van der Waals surface area contributed by atoms with Gasteiger partial charge >= 0.3 is 0 Å². The van der Waals surface area contributed by atoms with Gasteiger partial charge in [-0.25, -0.2) is 4.98 Å². The van der Waals surface area contributed by atoms with Crippen LogP contribution in [0.25, 0.3) is 0 Å². The molecule has 0 saturated carbocycles. The number of primary amides is 1. The molecule has 0 aliphatic carbocycles. The molecule has 92 valence electrons. The molecule has 1 aromatic heterocycles. The first kappa shape index (κ1) is 12.9. The zero-order chi connectivity index (χ0) is 13.1. The number of nitro groups is 1. The molecule has 0 spiro atoms. The molecule has 17 heavy (non-hydrogen) atoms. The van der Waals surface area contributed by atoms with Crippen molar-refractivity contribution in [3.63, 3.8) is 0 Å². The highest BCUT2D eigenvalue weighted by molar-refractivity contribution is 5.75. The number of carbonyl (C=O) groups is 1. The summed E-state index contributed by atoms with van der Waals surface area (Å²) in [4.78, 5) is 24.6. The van der Waals surface area contributed by atoms with Gasteiger partial charge in [0.05, 0.1) is 4.92 Å². The zero-order valence-electron chi connectivity index (χ0n) is 9.64. The van der Waals surface area contributed by atoms with E-state index in [0.717, 1.165) is 6.20 Å². The largest absolute Gasteiger partial charge is 0.370 e. The summed E-state index contributed by atoms with van der Waals surface area (Å²) >= 11 is 0. The molecule has 0 aliphatic heterocycles. The van der Waals surface area contributed by atoms with Gasteiger partial charge in [0.1, 0.15) is 12.0 Å². The van der Waals surface area contributed by atoms with Gasteiger partial charge in [-0.05, 0) is 19.9 Å². The van der Waals surface area contributed by atoms with Crippen molar-refractivity contribution in [2.45, 2.75) is 25.8 Å². The number of pyridine rings is 1. The number of nitrogens with two attached hydrogens (primary N) is 1. The van der Waals surface area contributed by atoms with Crippen molar-refractivity contribution < 1.29 is 9.72 Å². The van der Waals surface area contributed by atoms with Crippen molar-refractivity contribution in [1.29, 1.82) is 0 Å². The molecule has 0 unspecified atom stereocenters. The van der Waals surface area contributed by atoms with E-state index in [1.807, 2.05) is 0 Å². The van der Waals surface area contributed by atoms with E-state index in [1.165, 1.54) is 12.1 Å². The Kier molecular flexibility index (Phi) is 3.62. The maximum Gasteiger partial charge on any atom is 0.287 e. The van der Waals surface area contributed by atoms with E-state index >= 15 is 0 Å². The number of rotatable bonds is 5. The predicted molar refractivity (Wildman–Crippen MR) is 62.4 cm³/mol. The normalized spacial score (nSPS) is 10.9. The zero-order valence-corrected chi connectivity index (χ0v) is 9.64. The molecule has 0 fully saturated rings. The molecule has 1 heterocycles. The molecule has 7 nitrogen and oxygen atoms in total. The van der Waals surface area contributed by atoms with Crippen molar-refractivity contribution >= 4 is 17.4 Å². The van der Waals surface area contributed by atoms with E-state index < -0.39 is 16.4 Å². The van der Waals surface area contributed by atoms with E-state index in [1.54, 1.807) is 13.8 Å². The lowest BCUT2D eigenvalue weighted by Gasteiger charge is -2.25. The fourth-order valence-corrected chi connectivity index (χ4v) is 1.39. The van der Waals surface area contributed by atoms with Crippen LogP contribution in [0.3, 0.4) is 0 Å². The quantitative estimate of drug-likeness (QED) is 0.588. The minimum Gasteiger partial charge on any atom is -0.370 e. The molecule has 0 aromatic carbocycles. The van der Waals surface area contributed by atoms with E-state index in [-0.39, 0.29) is 12.1 Å². The Morgan fingerprint density at radius 3 is 2.65 bits per heavy atom. The molecular weight excluding hydrogens is 224 g/mol. The van der Waals surface area contributed by atoms with Crippen molar-refractivity contribution in [1.82, 2.24) is 4.98 Å². The van der Waals surface area contributed by atoms with E-state index in [9.17, 15) is 14.9 Å². The molecule has 1 rings (SSSR count). The highest BCUT2D eigenvalue weighted by Gasteiger charge is 2.20. The maximum atomic E-state index is 10.8. The summed E-state index contributed by atoms with van der Waals surface area (Å²) in [7, 11) is 0. The number of carbonyl (C=O) groups excluding carboxylic acids is 1. The van der Waals surface area contributed by atoms with Gasteiger partial charge in [0.25, 0.3) is 5.69 Å². The smallest absolute Gasteiger partial charge is 0.287 e. The lowest BCUT2D eigenvalue weighted by molar-refractivity contribution is -0.385. The Balaban J connectivity index is 2.75. The fourth-order valence-electron chi connectivity index (χ4n) is 1.39. The average Bonchev–Trinajstić information content (AvgIpc) is 2.15. The third-order valence-electron chi connectivity index (χ3n) is 2.04. The van der Waals surface area contributed by atoms with Crippen molar-refractivity contribution in [2.75, 3.05) is 5.32 Å². The molecule has 0 aliphatic rings. The first-order valence-corrected chi connectivity index (χ1v) is 4.97. The first-order chi connectivity index (χ1) is 7.80. The Bertz CT molecular complexity index is 428. The second-order valence-electron chi connectivity index (χ2n) is 4.31. The van der Waals surface area contributed by atoms with Crippen molar-refractivity contribution in [3.05, 3.63) is 28.4 Å². The number of hydrogen-bond acceptors (Lipinski definition) is 5. The number of hydrogen-bond donors (Lipinski definition) is 2. The number of aromatic nitrogens is 1. The van der Waals surface area contributed by atoms with Gasteiger partial charge in [-0.2, -0.15) is 0 Å². The highest BCUT2D eigenvalue weighted by atomic mass is 16.6. The average molecular weight is 238 g/mol. The molecule has 7 heteroatoms. The summed E-state index contributed by atoms with van der Waals surface area (Å²) < 4.78 is 0. The topological polar surface area (TPSA) is 111 Å². The number of anilines is 1. The minimum atomic E-state index is -0.547. The minimum absolute atomic E-state index is 0.0803. The number of amides is 1. The third kappa shape index (κ3) is 4.06. The molecule has 0 bridgehead atoms. The number of nitrogens with one attached hydrogen (secondary N) is 1. The van der Waals surface area contributed by atoms with Crippen LogP contribution in [0.15, 0.2) is 18.3 Å². The summed E-state index contributed by atoms with van der Waals surface area (Å²) in [5, 5.41) is 13.4. The van der Waals surface area contributed by atoms with Crippen LogP contribution in [0.2, 0.25) is 0 Å². The Labute approximate surface area is 98.2 Å². The summed E-state index contributed by atoms with van der Waals surface area (Å²) in [6, 6.07) is 2.83. The maximum absolute atomic E-state index is 10.8. The SMILES string of the molecule is CC(C)(CC(N)=O)Nc1ccc([N+](=O)[O-])cn1. The molecule has 0 atom stereocenters. The molecular formula is C10H14N4O3.